The Morgan fingerprint density at radius 3 is 2.35 bits per heavy atom. The maximum atomic E-state index is 12.4. The number of methoxy groups -OCH3 is 1. The predicted molar refractivity (Wildman–Crippen MR) is 68.3 cm³/mol. The number of hydrogen-bond donors (Lipinski definition) is 1. The van der Waals surface area contributed by atoms with E-state index >= 15 is 0 Å². The highest BCUT2D eigenvalue weighted by Gasteiger charge is 2.30. The number of ether oxygens (including phenoxy) is 1. The molecule has 1 aromatic rings. The number of amides is 1. The molecule has 1 rings (SSSR count). The molecule has 20 heavy (non-hydrogen) atoms. The van der Waals surface area contributed by atoms with Gasteiger partial charge in [-0.15, -0.1) is 0 Å². The van der Waals surface area contributed by atoms with Crippen LogP contribution in [0.1, 0.15) is 15.9 Å². The number of benzene rings is 1. The van der Waals surface area contributed by atoms with Crippen LogP contribution in [0.3, 0.4) is 0 Å². The van der Waals surface area contributed by atoms with Crippen molar-refractivity contribution in [2.45, 2.75) is 12.2 Å². The Balaban J connectivity index is 2.72. The van der Waals surface area contributed by atoms with Crippen LogP contribution in [0.25, 0.3) is 0 Å². The topological polar surface area (TPSA) is 55.6 Å². The lowest BCUT2D eigenvalue weighted by atomic mass is 10.1. The zero-order chi connectivity index (χ0) is 15.3. The second-order valence-corrected chi connectivity index (χ2v) is 4.48. The molecular formula is C13H17F3N2O2. The first kappa shape index (κ1) is 16.5. The number of carbonyl (C=O) groups is 1. The van der Waals surface area contributed by atoms with Crippen LogP contribution in [0.4, 0.5) is 13.2 Å². The van der Waals surface area contributed by atoms with E-state index < -0.39 is 11.7 Å². The van der Waals surface area contributed by atoms with E-state index in [9.17, 15) is 18.0 Å². The number of nitrogens with two attached hydrogens (primary N) is 1. The molecule has 0 radical (unpaired) electrons. The van der Waals surface area contributed by atoms with Crippen LogP contribution in [-0.2, 0) is 10.9 Å². The van der Waals surface area contributed by atoms with E-state index in [1.807, 2.05) is 0 Å². The van der Waals surface area contributed by atoms with Gasteiger partial charge in [0.05, 0.1) is 12.2 Å². The Kier molecular flexibility index (Phi) is 5.52. The molecule has 2 N–H and O–H groups in total. The molecule has 7 heteroatoms. The molecule has 112 valence electrons. The van der Waals surface area contributed by atoms with Crippen LogP contribution in [0.5, 0.6) is 0 Å². The van der Waals surface area contributed by atoms with Crippen LogP contribution in [0, 0.1) is 0 Å². The lowest BCUT2D eigenvalue weighted by Crippen LogP contribution is -2.41. The standard InChI is InChI=1S/C13H17F3N2O2/c1-18(7-11(17)8-20-2)12(19)9-3-5-10(6-4-9)13(14,15)16/h3-6,11H,7-8,17H2,1-2H3. The molecule has 0 heterocycles. The van der Waals surface area contributed by atoms with Crippen molar-refractivity contribution in [2.75, 3.05) is 27.3 Å². The first-order valence-electron chi connectivity index (χ1n) is 5.93. The summed E-state index contributed by atoms with van der Waals surface area (Å²) in [6.45, 7) is 0.554. The Labute approximate surface area is 115 Å². The van der Waals surface area contributed by atoms with E-state index in [0.29, 0.717) is 6.61 Å². The van der Waals surface area contributed by atoms with Crippen molar-refractivity contribution in [3.63, 3.8) is 0 Å². The van der Waals surface area contributed by atoms with Gasteiger partial charge in [0, 0.05) is 32.3 Å². The average Bonchev–Trinajstić information content (AvgIpc) is 2.37. The van der Waals surface area contributed by atoms with Crippen molar-refractivity contribution in [1.29, 1.82) is 0 Å². The molecule has 0 aliphatic rings. The minimum atomic E-state index is -4.41. The summed E-state index contributed by atoms with van der Waals surface area (Å²) >= 11 is 0. The molecular weight excluding hydrogens is 273 g/mol. The Bertz CT molecular complexity index is 446. The van der Waals surface area contributed by atoms with Crippen LogP contribution in [-0.4, -0.2) is 44.2 Å². The highest BCUT2D eigenvalue weighted by Crippen LogP contribution is 2.29. The van der Waals surface area contributed by atoms with Crippen molar-refractivity contribution in [3.8, 4) is 0 Å². The van der Waals surface area contributed by atoms with Gasteiger partial charge in [0.25, 0.3) is 5.91 Å². The number of carbonyl (C=O) groups excluding carboxylic acids is 1. The quantitative estimate of drug-likeness (QED) is 0.899. The Hall–Kier alpha value is -1.60. The molecule has 0 aromatic heterocycles. The maximum absolute atomic E-state index is 12.4. The lowest BCUT2D eigenvalue weighted by Gasteiger charge is -2.21. The lowest BCUT2D eigenvalue weighted by molar-refractivity contribution is -0.137. The van der Waals surface area contributed by atoms with Gasteiger partial charge in [0.1, 0.15) is 0 Å². The summed E-state index contributed by atoms with van der Waals surface area (Å²) in [7, 11) is 3.03. The normalized spacial score (nSPS) is 13.1. The summed E-state index contributed by atoms with van der Waals surface area (Å²) in [6.07, 6.45) is -4.41. The van der Waals surface area contributed by atoms with Crippen molar-refractivity contribution in [1.82, 2.24) is 4.90 Å². The fraction of sp³-hybridized carbons (Fsp3) is 0.462. The van der Waals surface area contributed by atoms with Crippen LogP contribution in [0.15, 0.2) is 24.3 Å². The number of likely N-dealkylation sites (N-methyl/N-ethyl adjacent to an activating group) is 1. The second-order valence-electron chi connectivity index (χ2n) is 4.48. The van der Waals surface area contributed by atoms with Crippen molar-refractivity contribution in [3.05, 3.63) is 35.4 Å². The molecule has 1 unspecified atom stereocenters. The average molecular weight is 290 g/mol. The number of nitrogens with zero attached hydrogens (tertiary/aromatic N) is 1. The minimum absolute atomic E-state index is 0.185. The van der Waals surface area contributed by atoms with E-state index in [-0.39, 0.29) is 24.1 Å². The largest absolute Gasteiger partial charge is 0.416 e. The number of rotatable bonds is 5. The van der Waals surface area contributed by atoms with Gasteiger partial charge >= 0.3 is 6.18 Å². The molecule has 0 fully saturated rings. The van der Waals surface area contributed by atoms with Gasteiger partial charge in [0.15, 0.2) is 0 Å². The summed E-state index contributed by atoms with van der Waals surface area (Å²) in [4.78, 5) is 13.3. The van der Waals surface area contributed by atoms with Crippen molar-refractivity contribution < 1.29 is 22.7 Å². The van der Waals surface area contributed by atoms with Crippen molar-refractivity contribution >= 4 is 5.91 Å². The monoisotopic (exact) mass is 290 g/mol. The molecule has 1 amide bonds. The zero-order valence-corrected chi connectivity index (χ0v) is 11.3. The molecule has 4 nitrogen and oxygen atoms in total. The third-order valence-electron chi connectivity index (χ3n) is 2.69. The maximum Gasteiger partial charge on any atom is 0.416 e. The molecule has 0 spiro atoms. The fourth-order valence-corrected chi connectivity index (χ4v) is 1.72. The number of halogens is 3. The zero-order valence-electron chi connectivity index (χ0n) is 11.3. The second kappa shape index (κ2) is 6.71. The van der Waals surface area contributed by atoms with Gasteiger partial charge in [-0.05, 0) is 24.3 Å². The smallest absolute Gasteiger partial charge is 0.383 e. The molecule has 1 aromatic carbocycles. The number of alkyl halides is 3. The molecule has 0 aliphatic heterocycles. The number of hydrogen-bond acceptors (Lipinski definition) is 3. The van der Waals surface area contributed by atoms with Gasteiger partial charge in [0.2, 0.25) is 0 Å². The van der Waals surface area contributed by atoms with Gasteiger partial charge in [-0.25, -0.2) is 0 Å². The molecule has 0 saturated carbocycles. The van der Waals surface area contributed by atoms with E-state index in [0.717, 1.165) is 24.3 Å². The third kappa shape index (κ3) is 4.50. The van der Waals surface area contributed by atoms with Gasteiger partial charge < -0.3 is 15.4 Å². The van der Waals surface area contributed by atoms with Crippen LogP contribution in [0.2, 0.25) is 0 Å². The summed E-state index contributed by atoms with van der Waals surface area (Å²) in [5.41, 5.74) is 5.12. The summed E-state index contributed by atoms with van der Waals surface area (Å²) in [5, 5.41) is 0. The van der Waals surface area contributed by atoms with Gasteiger partial charge in [-0.1, -0.05) is 0 Å². The predicted octanol–water partition coefficient (Wildman–Crippen LogP) is 1.75. The van der Waals surface area contributed by atoms with E-state index in [2.05, 4.69) is 0 Å². The molecule has 0 aliphatic carbocycles. The summed E-state index contributed by atoms with van der Waals surface area (Å²) in [5.74, 6) is -0.384. The first-order valence-corrected chi connectivity index (χ1v) is 5.93. The van der Waals surface area contributed by atoms with E-state index in [1.54, 1.807) is 0 Å². The van der Waals surface area contributed by atoms with E-state index in [1.165, 1.54) is 19.1 Å². The molecule has 1 atom stereocenters. The highest BCUT2D eigenvalue weighted by atomic mass is 19.4. The summed E-state index contributed by atoms with van der Waals surface area (Å²) in [6, 6.07) is 3.74. The van der Waals surface area contributed by atoms with Gasteiger partial charge in [-0.3, -0.25) is 4.79 Å². The molecule has 0 saturated heterocycles. The third-order valence-corrected chi connectivity index (χ3v) is 2.69. The van der Waals surface area contributed by atoms with E-state index in [4.69, 9.17) is 10.5 Å². The van der Waals surface area contributed by atoms with Crippen LogP contribution < -0.4 is 5.73 Å². The Morgan fingerprint density at radius 1 is 1.35 bits per heavy atom. The first-order chi connectivity index (χ1) is 9.25. The highest BCUT2D eigenvalue weighted by molar-refractivity contribution is 5.94. The minimum Gasteiger partial charge on any atom is -0.383 e. The van der Waals surface area contributed by atoms with Crippen LogP contribution >= 0.6 is 0 Å². The van der Waals surface area contributed by atoms with Gasteiger partial charge in [-0.2, -0.15) is 13.2 Å². The Morgan fingerprint density at radius 2 is 1.90 bits per heavy atom. The molecule has 0 bridgehead atoms. The summed E-state index contributed by atoms with van der Waals surface area (Å²) < 4.78 is 42.1. The fourth-order valence-electron chi connectivity index (χ4n) is 1.72. The van der Waals surface area contributed by atoms with Crippen molar-refractivity contribution in [2.24, 2.45) is 5.73 Å². The SMILES string of the molecule is COCC(N)CN(C)C(=O)c1ccc(C(F)(F)F)cc1.